The summed E-state index contributed by atoms with van der Waals surface area (Å²) in [7, 11) is 2.09. The van der Waals surface area contributed by atoms with Crippen LogP contribution in [0.5, 0.6) is 5.75 Å². The van der Waals surface area contributed by atoms with E-state index in [1.165, 1.54) is 17.5 Å². The molecule has 0 aliphatic carbocycles. The third-order valence-corrected chi connectivity index (χ3v) is 8.17. The second-order valence-corrected chi connectivity index (χ2v) is 11.5. The van der Waals surface area contributed by atoms with Crippen LogP contribution in [0.15, 0.2) is 35.1 Å². The third kappa shape index (κ3) is 7.42. The molecule has 0 bridgehead atoms. The number of aliphatic hydroxyl groups is 1. The number of benzene rings is 1. The van der Waals surface area contributed by atoms with Crippen LogP contribution in [-0.2, 0) is 24.3 Å². The summed E-state index contributed by atoms with van der Waals surface area (Å²) in [6.45, 7) is 8.97. The van der Waals surface area contributed by atoms with E-state index in [0.29, 0.717) is 38.1 Å². The van der Waals surface area contributed by atoms with Gasteiger partial charge in [-0.25, -0.2) is 9.97 Å². The number of fused-ring (bicyclic) bond motifs is 1. The number of anilines is 2. The second-order valence-electron chi connectivity index (χ2n) is 11.5. The third-order valence-electron chi connectivity index (χ3n) is 8.17. The lowest BCUT2D eigenvalue weighted by atomic mass is 9.99. The number of carbonyl (C=O) groups excluding carboxylic acids is 1. The van der Waals surface area contributed by atoms with Gasteiger partial charge in [0.2, 0.25) is 5.95 Å². The van der Waals surface area contributed by atoms with E-state index in [1.54, 1.807) is 6.07 Å². The van der Waals surface area contributed by atoms with Gasteiger partial charge in [0, 0.05) is 58.4 Å². The summed E-state index contributed by atoms with van der Waals surface area (Å²) < 4.78 is 16.5. The van der Waals surface area contributed by atoms with E-state index in [2.05, 4.69) is 59.5 Å². The van der Waals surface area contributed by atoms with Gasteiger partial charge in [-0.05, 0) is 43.7 Å². The molecule has 1 unspecified atom stereocenters. The second kappa shape index (κ2) is 13.2. The fourth-order valence-electron chi connectivity index (χ4n) is 5.41. The van der Waals surface area contributed by atoms with E-state index < -0.39 is 6.10 Å². The summed E-state index contributed by atoms with van der Waals surface area (Å²) in [5.74, 6) is 2.34. The highest BCUT2D eigenvalue weighted by atomic mass is 16.5. The van der Waals surface area contributed by atoms with E-state index in [1.807, 2.05) is 13.0 Å². The first-order valence-corrected chi connectivity index (χ1v) is 14.9. The maximum atomic E-state index is 13.2. The first-order chi connectivity index (χ1) is 20.9. The van der Waals surface area contributed by atoms with Gasteiger partial charge in [0.1, 0.15) is 23.9 Å². The molecule has 0 spiro atoms. The summed E-state index contributed by atoms with van der Waals surface area (Å²) in [5.41, 5.74) is 3.56. The maximum Gasteiger partial charge on any atom is 0.270 e. The van der Waals surface area contributed by atoms with E-state index in [-0.39, 0.29) is 24.2 Å². The van der Waals surface area contributed by atoms with Gasteiger partial charge in [-0.15, -0.1) is 0 Å². The number of β-amino-alcohol motifs (C(OH)–C–C–N with tert-alkyl or cyclic N) is 1. The first-order valence-electron chi connectivity index (χ1n) is 14.9. The minimum absolute atomic E-state index is 0.128. The van der Waals surface area contributed by atoms with Crippen LogP contribution in [0.1, 0.15) is 33.1 Å². The molecule has 1 aromatic carbocycles. The Hall–Kier alpha value is -3.78. The smallest absolute Gasteiger partial charge is 0.270 e. The highest BCUT2D eigenvalue weighted by Gasteiger charge is 2.24. The number of amides is 1. The molecule has 0 saturated carbocycles. The van der Waals surface area contributed by atoms with Gasteiger partial charge in [-0.3, -0.25) is 9.69 Å². The molecule has 2 fully saturated rings. The molecule has 3 N–H and O–H groups in total. The van der Waals surface area contributed by atoms with Crippen molar-refractivity contribution in [3.05, 3.63) is 58.9 Å². The van der Waals surface area contributed by atoms with Crippen LogP contribution in [0.25, 0.3) is 0 Å². The number of nitrogens with zero attached hydrogens (tertiary/aromatic N) is 6. The average molecular weight is 593 g/mol. The van der Waals surface area contributed by atoms with Gasteiger partial charge in [0.15, 0.2) is 12.2 Å². The summed E-state index contributed by atoms with van der Waals surface area (Å²) >= 11 is 0. The van der Waals surface area contributed by atoms with E-state index in [9.17, 15) is 9.90 Å². The number of oxazole rings is 1. The predicted octanol–water partition coefficient (Wildman–Crippen LogP) is 1.06. The molecule has 230 valence electrons. The van der Waals surface area contributed by atoms with Crippen molar-refractivity contribution in [2.45, 2.75) is 38.6 Å². The van der Waals surface area contributed by atoms with Crippen molar-refractivity contribution < 1.29 is 23.8 Å². The Morgan fingerprint density at radius 2 is 1.98 bits per heavy atom. The lowest BCUT2D eigenvalue weighted by molar-refractivity contribution is 0.0209. The van der Waals surface area contributed by atoms with Crippen molar-refractivity contribution >= 4 is 17.7 Å². The SMILES string of the molecule is Cc1ncoc1COc1ccc2c(c1)CCN(CC(O)CNC(=O)c1cc(NC3COC3)nc(N3CCN(C)CC3)n1)C2. The van der Waals surface area contributed by atoms with Crippen LogP contribution in [0, 0.1) is 6.92 Å². The topological polar surface area (TPSA) is 141 Å². The van der Waals surface area contributed by atoms with Gasteiger partial charge in [0.25, 0.3) is 5.91 Å². The van der Waals surface area contributed by atoms with Crippen molar-refractivity contribution in [3.8, 4) is 5.75 Å². The van der Waals surface area contributed by atoms with Gasteiger partial charge in [0.05, 0.1) is 31.1 Å². The molecular formula is C30H40N8O5. The number of hydrogen-bond donors (Lipinski definition) is 3. The van der Waals surface area contributed by atoms with E-state index in [0.717, 1.165) is 62.9 Å². The molecule has 2 saturated heterocycles. The Morgan fingerprint density at radius 3 is 2.72 bits per heavy atom. The molecule has 13 nitrogen and oxygen atoms in total. The summed E-state index contributed by atoms with van der Waals surface area (Å²) in [4.78, 5) is 33.1. The number of piperazine rings is 1. The molecule has 13 heteroatoms. The number of aliphatic hydroxyl groups excluding tert-OH is 1. The lowest BCUT2D eigenvalue weighted by Gasteiger charge is -2.33. The molecule has 1 amide bonds. The first kappa shape index (κ1) is 29.3. The molecule has 43 heavy (non-hydrogen) atoms. The fourth-order valence-corrected chi connectivity index (χ4v) is 5.41. The van der Waals surface area contributed by atoms with Crippen LogP contribution in [0.4, 0.5) is 11.8 Å². The Morgan fingerprint density at radius 1 is 1.14 bits per heavy atom. The molecule has 6 rings (SSSR count). The van der Waals surface area contributed by atoms with Crippen molar-refractivity contribution in [2.24, 2.45) is 0 Å². The Balaban J connectivity index is 1.01. The zero-order chi connectivity index (χ0) is 29.8. The summed E-state index contributed by atoms with van der Waals surface area (Å²) in [5, 5.41) is 17.0. The molecular weight excluding hydrogens is 552 g/mol. The number of aryl methyl sites for hydroxylation is 1. The number of aromatic nitrogens is 3. The fraction of sp³-hybridized carbons (Fsp3) is 0.533. The zero-order valence-corrected chi connectivity index (χ0v) is 24.8. The summed E-state index contributed by atoms with van der Waals surface area (Å²) in [6, 6.07) is 7.96. The maximum absolute atomic E-state index is 13.2. The van der Waals surface area contributed by atoms with Crippen molar-refractivity contribution in [2.75, 3.05) is 76.3 Å². The number of nitrogens with one attached hydrogen (secondary N) is 2. The highest BCUT2D eigenvalue weighted by Crippen LogP contribution is 2.25. The normalized spacial score (nSPS) is 18.5. The largest absolute Gasteiger partial charge is 0.486 e. The van der Waals surface area contributed by atoms with Gasteiger partial charge in [-0.1, -0.05) is 6.07 Å². The van der Waals surface area contributed by atoms with E-state index in [4.69, 9.17) is 13.9 Å². The van der Waals surface area contributed by atoms with Crippen molar-refractivity contribution in [1.29, 1.82) is 0 Å². The number of ether oxygens (including phenoxy) is 2. The Labute approximate surface area is 251 Å². The molecule has 2 aromatic heterocycles. The minimum atomic E-state index is -0.720. The van der Waals surface area contributed by atoms with Crippen molar-refractivity contribution in [1.82, 2.24) is 30.1 Å². The molecule has 3 aliphatic heterocycles. The van der Waals surface area contributed by atoms with Crippen LogP contribution >= 0.6 is 0 Å². The van der Waals surface area contributed by atoms with Gasteiger partial charge in [-0.2, -0.15) is 4.98 Å². The van der Waals surface area contributed by atoms with Gasteiger partial charge < -0.3 is 39.4 Å². The van der Waals surface area contributed by atoms with Crippen LogP contribution < -0.4 is 20.3 Å². The van der Waals surface area contributed by atoms with E-state index >= 15 is 0 Å². The predicted molar refractivity (Wildman–Crippen MR) is 159 cm³/mol. The molecule has 3 aliphatic rings. The summed E-state index contributed by atoms with van der Waals surface area (Å²) in [6.07, 6.45) is 1.56. The molecule has 0 radical (unpaired) electrons. The van der Waals surface area contributed by atoms with Crippen molar-refractivity contribution in [3.63, 3.8) is 0 Å². The lowest BCUT2D eigenvalue weighted by Crippen LogP contribution is -2.46. The zero-order valence-electron chi connectivity index (χ0n) is 24.8. The monoisotopic (exact) mass is 592 g/mol. The standard InChI is InChI=1S/C30H40N8O5/c1-20-27(43-19-32-20)18-42-25-4-3-22-14-37(6-5-21(22)11-25)15-24(39)13-31-29(40)26-12-28(33-23-16-41-17-23)35-30(34-26)38-9-7-36(2)8-10-38/h3-4,11-12,19,23-24,39H,5-10,13-18H2,1-2H3,(H,31,40)(H,33,34,35). The number of hydrogen-bond acceptors (Lipinski definition) is 12. The molecule has 5 heterocycles. The van der Waals surface area contributed by atoms with Gasteiger partial charge >= 0.3 is 0 Å². The molecule has 1 atom stereocenters. The quantitative estimate of drug-likeness (QED) is 0.293. The number of carbonyl (C=O) groups is 1. The van der Waals surface area contributed by atoms with Crippen LogP contribution in [0.2, 0.25) is 0 Å². The Kier molecular flexibility index (Phi) is 9.03. The Bertz CT molecular complexity index is 1400. The average Bonchev–Trinajstić information content (AvgIpc) is 3.41. The van der Waals surface area contributed by atoms with Crippen LogP contribution in [0.3, 0.4) is 0 Å². The number of likely N-dealkylation sites (N-methyl/N-ethyl adjacent to an activating group) is 1. The minimum Gasteiger partial charge on any atom is -0.486 e. The highest BCUT2D eigenvalue weighted by molar-refractivity contribution is 5.93. The molecule has 3 aromatic rings. The number of rotatable bonds is 11. The van der Waals surface area contributed by atoms with Crippen LogP contribution in [-0.4, -0.2) is 114 Å².